The van der Waals surface area contributed by atoms with Crippen LogP contribution in [-0.4, -0.2) is 17.1 Å². The second kappa shape index (κ2) is 6.35. The number of hydrogen-bond donors (Lipinski definition) is 3. The number of hydrogen-bond acceptors (Lipinski definition) is 4. The molecule has 2 amide bonds. The molecule has 2 heterocycles. The molecule has 100 valence electrons. The van der Waals surface area contributed by atoms with Gasteiger partial charge in [0.1, 0.15) is 0 Å². The smallest absolute Gasteiger partial charge is 0.331 e. The van der Waals surface area contributed by atoms with Crippen LogP contribution in [-0.2, 0) is 11.3 Å². The number of amides is 2. The van der Waals surface area contributed by atoms with Gasteiger partial charge in [0.25, 0.3) is 0 Å². The number of nitrogens with one attached hydrogen (secondary N) is 2. The molecule has 0 spiro atoms. The number of thiophene rings is 2. The van der Waals surface area contributed by atoms with E-state index < -0.39 is 18.0 Å². The van der Waals surface area contributed by atoms with Gasteiger partial charge >= 0.3 is 12.0 Å². The lowest BCUT2D eigenvalue weighted by Gasteiger charge is -2.13. The van der Waals surface area contributed by atoms with Gasteiger partial charge in [-0.25, -0.2) is 9.59 Å². The molecule has 0 bridgehead atoms. The Morgan fingerprint density at radius 3 is 2.74 bits per heavy atom. The van der Waals surface area contributed by atoms with Gasteiger partial charge in [-0.1, -0.05) is 6.07 Å². The highest BCUT2D eigenvalue weighted by molar-refractivity contribution is 7.10. The summed E-state index contributed by atoms with van der Waals surface area (Å²) in [5, 5.41) is 19.8. The van der Waals surface area contributed by atoms with E-state index in [1.54, 1.807) is 28.8 Å². The monoisotopic (exact) mass is 296 g/mol. The first-order valence-corrected chi connectivity index (χ1v) is 7.30. The van der Waals surface area contributed by atoms with Crippen LogP contribution in [0.25, 0.3) is 0 Å². The number of aliphatic carboxylic acids is 1. The van der Waals surface area contributed by atoms with Crippen LogP contribution in [0.5, 0.6) is 0 Å². The number of carboxylic acid groups (broad SMARTS) is 1. The van der Waals surface area contributed by atoms with Gasteiger partial charge in [0.15, 0.2) is 6.04 Å². The quantitative estimate of drug-likeness (QED) is 0.793. The Morgan fingerprint density at radius 2 is 2.16 bits per heavy atom. The summed E-state index contributed by atoms with van der Waals surface area (Å²) in [7, 11) is 0. The van der Waals surface area contributed by atoms with Crippen molar-refractivity contribution in [3.8, 4) is 0 Å². The fourth-order valence-corrected chi connectivity index (χ4v) is 2.90. The Bertz CT molecular complexity index is 537. The number of rotatable bonds is 5. The Labute approximate surface area is 117 Å². The Kier molecular flexibility index (Phi) is 4.53. The molecule has 0 aliphatic heterocycles. The van der Waals surface area contributed by atoms with Crippen LogP contribution in [0, 0.1) is 0 Å². The highest BCUT2D eigenvalue weighted by atomic mass is 32.1. The Balaban J connectivity index is 1.90. The summed E-state index contributed by atoms with van der Waals surface area (Å²) in [6.07, 6.45) is 0. The zero-order valence-electron chi connectivity index (χ0n) is 9.83. The number of carboxylic acids is 1. The summed E-state index contributed by atoms with van der Waals surface area (Å²) in [6, 6.07) is 3.83. The molecule has 19 heavy (non-hydrogen) atoms. The maximum atomic E-state index is 11.7. The molecule has 1 unspecified atom stereocenters. The van der Waals surface area contributed by atoms with Crippen LogP contribution in [0.15, 0.2) is 34.3 Å². The van der Waals surface area contributed by atoms with Crippen LogP contribution < -0.4 is 10.6 Å². The van der Waals surface area contributed by atoms with E-state index in [-0.39, 0.29) is 0 Å². The van der Waals surface area contributed by atoms with Crippen LogP contribution in [0.1, 0.15) is 16.5 Å². The normalized spacial score (nSPS) is 11.8. The van der Waals surface area contributed by atoms with Crippen LogP contribution in [0.3, 0.4) is 0 Å². The maximum Gasteiger partial charge on any atom is 0.331 e. The van der Waals surface area contributed by atoms with E-state index in [0.717, 1.165) is 5.56 Å². The molecule has 2 rings (SSSR count). The Morgan fingerprint density at radius 1 is 1.32 bits per heavy atom. The lowest BCUT2D eigenvalue weighted by Crippen LogP contribution is -2.40. The van der Waals surface area contributed by atoms with Crippen molar-refractivity contribution in [2.75, 3.05) is 0 Å². The molecule has 2 aromatic heterocycles. The van der Waals surface area contributed by atoms with Crippen LogP contribution in [0.4, 0.5) is 4.79 Å². The van der Waals surface area contributed by atoms with Gasteiger partial charge in [0.2, 0.25) is 0 Å². The van der Waals surface area contributed by atoms with E-state index in [2.05, 4.69) is 10.6 Å². The minimum absolute atomic E-state index is 0.381. The lowest BCUT2D eigenvalue weighted by molar-refractivity contribution is -0.139. The molecule has 2 aromatic rings. The average Bonchev–Trinajstić information content (AvgIpc) is 3.05. The molecule has 3 N–H and O–H groups in total. The van der Waals surface area contributed by atoms with E-state index in [4.69, 9.17) is 5.11 Å². The van der Waals surface area contributed by atoms with Crippen molar-refractivity contribution < 1.29 is 14.7 Å². The largest absolute Gasteiger partial charge is 0.479 e. The maximum absolute atomic E-state index is 11.7. The standard InChI is InChI=1S/C12H12N2O3S2/c15-11(16)10(9-2-1-4-19-9)14-12(17)13-6-8-3-5-18-7-8/h1-5,7,10H,6H2,(H,15,16)(H2,13,14,17). The van der Waals surface area contributed by atoms with Crippen LogP contribution in [0.2, 0.25) is 0 Å². The summed E-state index contributed by atoms with van der Waals surface area (Å²) in [4.78, 5) is 23.4. The molecule has 7 heteroatoms. The molecule has 0 aliphatic carbocycles. The molecule has 0 fully saturated rings. The van der Waals surface area contributed by atoms with Gasteiger partial charge in [-0.3, -0.25) is 0 Å². The summed E-state index contributed by atoms with van der Waals surface area (Å²) in [6.45, 7) is 0.381. The highest BCUT2D eigenvalue weighted by Gasteiger charge is 2.22. The topological polar surface area (TPSA) is 78.4 Å². The first kappa shape index (κ1) is 13.6. The highest BCUT2D eigenvalue weighted by Crippen LogP contribution is 2.19. The fraction of sp³-hybridized carbons (Fsp3) is 0.167. The minimum atomic E-state index is -1.08. The first-order chi connectivity index (χ1) is 9.16. The molecule has 1 atom stereocenters. The molecule has 0 aromatic carbocycles. The van der Waals surface area contributed by atoms with E-state index in [1.807, 2.05) is 16.8 Å². The van der Waals surface area contributed by atoms with Crippen molar-refractivity contribution in [3.63, 3.8) is 0 Å². The van der Waals surface area contributed by atoms with Crippen molar-refractivity contribution in [1.29, 1.82) is 0 Å². The van der Waals surface area contributed by atoms with Gasteiger partial charge in [-0.05, 0) is 33.8 Å². The second-order valence-corrected chi connectivity index (χ2v) is 5.50. The molecule has 5 nitrogen and oxygen atoms in total. The fourth-order valence-electron chi connectivity index (χ4n) is 1.47. The second-order valence-electron chi connectivity index (χ2n) is 3.75. The van der Waals surface area contributed by atoms with Gasteiger partial charge in [0.05, 0.1) is 0 Å². The summed E-state index contributed by atoms with van der Waals surface area (Å²) in [5.74, 6) is -1.08. The van der Waals surface area contributed by atoms with Gasteiger partial charge < -0.3 is 15.7 Å². The first-order valence-electron chi connectivity index (χ1n) is 5.48. The van der Waals surface area contributed by atoms with Crippen molar-refractivity contribution in [1.82, 2.24) is 10.6 Å². The third kappa shape index (κ3) is 3.80. The number of carbonyl (C=O) groups excluding carboxylic acids is 1. The van der Waals surface area contributed by atoms with Gasteiger partial charge in [-0.2, -0.15) is 11.3 Å². The van der Waals surface area contributed by atoms with Gasteiger partial charge in [-0.15, -0.1) is 11.3 Å². The third-order valence-electron chi connectivity index (χ3n) is 2.38. The predicted octanol–water partition coefficient (Wildman–Crippen LogP) is 2.43. The van der Waals surface area contributed by atoms with Crippen molar-refractivity contribution >= 4 is 34.7 Å². The van der Waals surface area contributed by atoms with Crippen molar-refractivity contribution in [3.05, 3.63) is 44.8 Å². The van der Waals surface area contributed by atoms with Crippen LogP contribution >= 0.6 is 22.7 Å². The summed E-state index contributed by atoms with van der Waals surface area (Å²) >= 11 is 2.84. The zero-order valence-corrected chi connectivity index (χ0v) is 11.5. The van der Waals surface area contributed by atoms with Gasteiger partial charge in [0, 0.05) is 11.4 Å². The van der Waals surface area contributed by atoms with E-state index in [1.165, 1.54) is 11.3 Å². The SMILES string of the molecule is O=C(NCc1ccsc1)NC(C(=O)O)c1cccs1. The summed E-state index contributed by atoms with van der Waals surface area (Å²) in [5.41, 5.74) is 0.989. The Hall–Kier alpha value is -1.86. The molecule has 0 aliphatic rings. The molecular formula is C12H12N2O3S2. The number of urea groups is 1. The molecule has 0 saturated carbocycles. The third-order valence-corrected chi connectivity index (χ3v) is 4.05. The minimum Gasteiger partial charge on any atom is -0.479 e. The summed E-state index contributed by atoms with van der Waals surface area (Å²) < 4.78 is 0. The zero-order chi connectivity index (χ0) is 13.7. The predicted molar refractivity (Wildman–Crippen MR) is 74.4 cm³/mol. The van der Waals surface area contributed by atoms with E-state index >= 15 is 0 Å². The molecule has 0 radical (unpaired) electrons. The lowest BCUT2D eigenvalue weighted by atomic mass is 10.2. The van der Waals surface area contributed by atoms with E-state index in [9.17, 15) is 9.59 Å². The van der Waals surface area contributed by atoms with Crippen molar-refractivity contribution in [2.45, 2.75) is 12.6 Å². The number of carbonyl (C=O) groups is 2. The molecular weight excluding hydrogens is 284 g/mol. The average molecular weight is 296 g/mol. The molecule has 0 saturated heterocycles. The van der Waals surface area contributed by atoms with E-state index in [0.29, 0.717) is 11.4 Å². The van der Waals surface area contributed by atoms with Crippen molar-refractivity contribution in [2.24, 2.45) is 0 Å².